The Kier molecular flexibility index (Phi) is 2.70. The number of hydrogen-bond acceptors (Lipinski definition) is 2. The summed E-state index contributed by atoms with van der Waals surface area (Å²) in [7, 11) is 0. The van der Waals surface area contributed by atoms with Crippen molar-refractivity contribution < 1.29 is 0 Å². The number of H-pyrrole nitrogens is 1. The molecule has 0 radical (unpaired) electrons. The van der Waals surface area contributed by atoms with Crippen molar-refractivity contribution in [1.82, 2.24) is 15.2 Å². The first kappa shape index (κ1) is 9.49. The van der Waals surface area contributed by atoms with Crippen molar-refractivity contribution in [2.75, 3.05) is 0 Å². The highest BCUT2D eigenvalue weighted by Gasteiger charge is 2.01. The summed E-state index contributed by atoms with van der Waals surface area (Å²) in [6.07, 6.45) is 0.677. The molecule has 1 aromatic carbocycles. The molecule has 0 aliphatic rings. The number of rotatable bonds is 2. The molecule has 0 fully saturated rings. The van der Waals surface area contributed by atoms with Gasteiger partial charge in [0, 0.05) is 11.4 Å². The molecule has 5 heteroatoms. The van der Waals surface area contributed by atoms with Crippen molar-refractivity contribution in [2.24, 2.45) is 0 Å². The van der Waals surface area contributed by atoms with Crippen LogP contribution in [0.5, 0.6) is 0 Å². The summed E-state index contributed by atoms with van der Waals surface area (Å²) in [5, 5.41) is 7.45. The lowest BCUT2D eigenvalue weighted by Crippen LogP contribution is -1.90. The van der Waals surface area contributed by atoms with Gasteiger partial charge in [0.25, 0.3) is 0 Å². The summed E-state index contributed by atoms with van der Waals surface area (Å²) < 4.78 is 0. The molecule has 72 valence electrons. The second kappa shape index (κ2) is 3.98. The van der Waals surface area contributed by atoms with E-state index in [1.165, 1.54) is 0 Å². The molecule has 1 aromatic heterocycles. The second-order valence-corrected chi connectivity index (χ2v) is 3.63. The van der Waals surface area contributed by atoms with Crippen LogP contribution in [0.4, 0.5) is 0 Å². The molecular formula is C9H7Cl2N3. The van der Waals surface area contributed by atoms with E-state index in [-0.39, 0.29) is 5.28 Å². The number of aromatic nitrogens is 3. The molecule has 2 aromatic rings. The van der Waals surface area contributed by atoms with E-state index >= 15 is 0 Å². The van der Waals surface area contributed by atoms with Gasteiger partial charge in [-0.05, 0) is 29.3 Å². The van der Waals surface area contributed by atoms with E-state index in [0.717, 1.165) is 16.4 Å². The maximum atomic E-state index is 5.76. The number of aromatic amines is 1. The van der Waals surface area contributed by atoms with Crippen molar-refractivity contribution in [3.63, 3.8) is 0 Å². The molecule has 0 saturated carbocycles. The maximum Gasteiger partial charge on any atom is 0.242 e. The standard InChI is InChI=1S/C9H7Cl2N3/c10-7-3-1-6(2-4-7)5-8-12-9(11)14-13-8/h1-4H,5H2,(H,12,13,14). The molecule has 0 atom stereocenters. The zero-order valence-corrected chi connectivity index (χ0v) is 8.68. The molecule has 0 bridgehead atoms. The quantitative estimate of drug-likeness (QED) is 0.858. The highest BCUT2D eigenvalue weighted by molar-refractivity contribution is 6.30. The Bertz CT molecular complexity index is 422. The molecule has 0 aliphatic heterocycles. The van der Waals surface area contributed by atoms with Crippen molar-refractivity contribution in [2.45, 2.75) is 6.42 Å². The number of hydrogen-bond donors (Lipinski definition) is 1. The van der Waals surface area contributed by atoms with E-state index < -0.39 is 0 Å². The molecule has 1 N–H and O–H groups in total. The molecule has 14 heavy (non-hydrogen) atoms. The average molecular weight is 228 g/mol. The lowest BCUT2D eigenvalue weighted by molar-refractivity contribution is 0.972. The third-order valence-electron chi connectivity index (χ3n) is 1.79. The van der Waals surface area contributed by atoms with Crippen LogP contribution in [0.1, 0.15) is 11.4 Å². The molecule has 0 spiro atoms. The SMILES string of the molecule is Clc1ccc(Cc2nc(Cl)n[nH]2)cc1. The van der Waals surface area contributed by atoms with Crippen LogP contribution in [-0.4, -0.2) is 15.2 Å². The van der Waals surface area contributed by atoms with Crippen LogP contribution in [-0.2, 0) is 6.42 Å². The monoisotopic (exact) mass is 227 g/mol. The number of nitrogens with one attached hydrogen (secondary N) is 1. The van der Waals surface area contributed by atoms with Crippen LogP contribution in [0.2, 0.25) is 10.3 Å². The van der Waals surface area contributed by atoms with Crippen LogP contribution in [0.3, 0.4) is 0 Å². The van der Waals surface area contributed by atoms with Gasteiger partial charge in [-0.15, -0.1) is 5.10 Å². The van der Waals surface area contributed by atoms with Gasteiger partial charge in [0.15, 0.2) is 0 Å². The highest BCUT2D eigenvalue weighted by Crippen LogP contribution is 2.12. The van der Waals surface area contributed by atoms with Crippen LogP contribution >= 0.6 is 23.2 Å². The molecule has 3 nitrogen and oxygen atoms in total. The minimum atomic E-state index is 0.244. The van der Waals surface area contributed by atoms with Crippen molar-refractivity contribution in [1.29, 1.82) is 0 Å². The number of nitrogens with zero attached hydrogens (tertiary/aromatic N) is 2. The van der Waals surface area contributed by atoms with Gasteiger partial charge in [-0.1, -0.05) is 23.7 Å². The summed E-state index contributed by atoms with van der Waals surface area (Å²) >= 11 is 11.3. The Hall–Kier alpha value is -1.06. The van der Waals surface area contributed by atoms with E-state index in [0.29, 0.717) is 6.42 Å². The van der Waals surface area contributed by atoms with Gasteiger partial charge in [-0.25, -0.2) is 4.98 Å². The topological polar surface area (TPSA) is 41.6 Å². The predicted octanol–water partition coefficient (Wildman–Crippen LogP) is 2.70. The minimum absolute atomic E-state index is 0.244. The van der Waals surface area contributed by atoms with Gasteiger partial charge in [0.1, 0.15) is 5.82 Å². The Balaban J connectivity index is 2.15. The number of benzene rings is 1. The van der Waals surface area contributed by atoms with Gasteiger partial charge in [-0.2, -0.15) is 0 Å². The van der Waals surface area contributed by atoms with E-state index in [9.17, 15) is 0 Å². The summed E-state index contributed by atoms with van der Waals surface area (Å²) in [6, 6.07) is 7.57. The lowest BCUT2D eigenvalue weighted by Gasteiger charge is -1.96. The van der Waals surface area contributed by atoms with Crippen LogP contribution in [0, 0.1) is 0 Å². The maximum absolute atomic E-state index is 5.76. The third kappa shape index (κ3) is 2.25. The fraction of sp³-hybridized carbons (Fsp3) is 0.111. The summed E-state index contributed by atoms with van der Waals surface area (Å²) in [5.41, 5.74) is 1.11. The summed E-state index contributed by atoms with van der Waals surface area (Å²) in [6.45, 7) is 0. The largest absolute Gasteiger partial charge is 0.261 e. The Morgan fingerprint density at radius 3 is 2.43 bits per heavy atom. The fourth-order valence-electron chi connectivity index (χ4n) is 1.15. The third-order valence-corrected chi connectivity index (χ3v) is 2.21. The first-order valence-electron chi connectivity index (χ1n) is 4.05. The number of halogens is 2. The van der Waals surface area contributed by atoms with Crippen molar-refractivity contribution in [3.8, 4) is 0 Å². The van der Waals surface area contributed by atoms with Gasteiger partial charge >= 0.3 is 0 Å². The summed E-state index contributed by atoms with van der Waals surface area (Å²) in [5.74, 6) is 0.748. The van der Waals surface area contributed by atoms with Gasteiger partial charge in [-0.3, -0.25) is 5.10 Å². The molecule has 0 amide bonds. The fourth-order valence-corrected chi connectivity index (χ4v) is 1.42. The van der Waals surface area contributed by atoms with E-state index in [4.69, 9.17) is 23.2 Å². The van der Waals surface area contributed by atoms with Crippen LogP contribution in [0.15, 0.2) is 24.3 Å². The molecule has 0 aliphatic carbocycles. The molecular weight excluding hydrogens is 221 g/mol. The minimum Gasteiger partial charge on any atom is -0.261 e. The van der Waals surface area contributed by atoms with E-state index in [1.807, 2.05) is 24.3 Å². The van der Waals surface area contributed by atoms with E-state index in [2.05, 4.69) is 15.2 Å². The molecule has 0 saturated heterocycles. The van der Waals surface area contributed by atoms with Gasteiger partial charge in [0.2, 0.25) is 5.28 Å². The molecule has 2 rings (SSSR count). The smallest absolute Gasteiger partial charge is 0.242 e. The first-order valence-corrected chi connectivity index (χ1v) is 4.81. The highest BCUT2D eigenvalue weighted by atomic mass is 35.5. The lowest BCUT2D eigenvalue weighted by atomic mass is 10.1. The summed E-state index contributed by atoms with van der Waals surface area (Å²) in [4.78, 5) is 3.99. The zero-order valence-electron chi connectivity index (χ0n) is 7.17. The molecule has 0 unspecified atom stereocenters. The predicted molar refractivity (Wildman–Crippen MR) is 55.7 cm³/mol. The normalized spacial score (nSPS) is 10.4. The van der Waals surface area contributed by atoms with Gasteiger partial charge in [0.05, 0.1) is 0 Å². The average Bonchev–Trinajstić information content (AvgIpc) is 2.56. The zero-order chi connectivity index (χ0) is 9.97. The Labute approximate surface area is 91.1 Å². The molecule has 1 heterocycles. The Morgan fingerprint density at radius 1 is 1.14 bits per heavy atom. The second-order valence-electron chi connectivity index (χ2n) is 2.85. The van der Waals surface area contributed by atoms with Crippen molar-refractivity contribution in [3.05, 3.63) is 46.0 Å². The van der Waals surface area contributed by atoms with Crippen LogP contribution < -0.4 is 0 Å². The van der Waals surface area contributed by atoms with Crippen LogP contribution in [0.25, 0.3) is 0 Å². The van der Waals surface area contributed by atoms with Crippen molar-refractivity contribution >= 4 is 23.2 Å². The van der Waals surface area contributed by atoms with E-state index in [1.54, 1.807) is 0 Å². The van der Waals surface area contributed by atoms with Gasteiger partial charge < -0.3 is 0 Å². The first-order chi connectivity index (χ1) is 6.74. The Morgan fingerprint density at radius 2 is 1.86 bits per heavy atom.